The molecule has 3 N–H and O–H groups in total. The minimum absolute atomic E-state index is 0.357. The Morgan fingerprint density at radius 3 is 3.00 bits per heavy atom. The summed E-state index contributed by atoms with van der Waals surface area (Å²) < 4.78 is 0. The fourth-order valence-electron chi connectivity index (χ4n) is 3.36. The number of nitrogens with zero attached hydrogens (tertiary/aromatic N) is 3. The van der Waals surface area contributed by atoms with E-state index < -0.39 is 5.97 Å². The first-order chi connectivity index (χ1) is 8.72. The van der Waals surface area contributed by atoms with Crippen molar-refractivity contribution < 1.29 is 9.90 Å². The van der Waals surface area contributed by atoms with Gasteiger partial charge in [0.05, 0.1) is 0 Å². The average molecular weight is 251 g/mol. The molecule has 0 aromatic carbocycles. The van der Waals surface area contributed by atoms with E-state index in [-0.39, 0.29) is 6.04 Å². The van der Waals surface area contributed by atoms with E-state index in [2.05, 4.69) is 25.9 Å². The van der Waals surface area contributed by atoms with Gasteiger partial charge < -0.3 is 10.4 Å². The molecule has 2 heterocycles. The number of carboxylic acid groups (broad SMARTS) is 1. The summed E-state index contributed by atoms with van der Waals surface area (Å²) in [5.74, 6) is 1.08. The zero-order valence-corrected chi connectivity index (χ0v) is 10.0. The molecular weight excluding hydrogens is 234 g/mol. The molecule has 7 nitrogen and oxygen atoms in total. The van der Waals surface area contributed by atoms with E-state index in [1.165, 1.54) is 0 Å². The number of aromatic nitrogens is 4. The van der Waals surface area contributed by atoms with E-state index in [1.807, 2.05) is 0 Å². The van der Waals surface area contributed by atoms with Crippen LogP contribution < -0.4 is 5.32 Å². The van der Waals surface area contributed by atoms with Gasteiger partial charge in [-0.3, -0.25) is 4.79 Å². The number of carbonyl (C=O) groups is 1. The van der Waals surface area contributed by atoms with Gasteiger partial charge in [0, 0.05) is 12.5 Å². The third-order valence-electron chi connectivity index (χ3n) is 4.20. The summed E-state index contributed by atoms with van der Waals surface area (Å²) in [6, 6.07) is 0.0246. The van der Waals surface area contributed by atoms with E-state index >= 15 is 0 Å². The highest BCUT2D eigenvalue weighted by atomic mass is 16.4. The number of aliphatic carboxylic acids is 1. The Bertz CT molecular complexity index is 421. The molecule has 1 saturated carbocycles. The van der Waals surface area contributed by atoms with Crippen LogP contribution in [0.5, 0.6) is 0 Å². The Hall–Kier alpha value is -1.50. The third kappa shape index (κ3) is 2.22. The van der Waals surface area contributed by atoms with Crippen LogP contribution in [-0.4, -0.2) is 43.8 Å². The number of tetrazole rings is 1. The molecule has 4 atom stereocenters. The first kappa shape index (κ1) is 11.6. The van der Waals surface area contributed by atoms with Crippen LogP contribution in [0.3, 0.4) is 0 Å². The lowest BCUT2D eigenvalue weighted by Crippen LogP contribution is -2.38. The summed E-state index contributed by atoms with van der Waals surface area (Å²) in [5.41, 5.74) is 0. The molecular formula is C11H17N5O2. The first-order valence-electron chi connectivity index (χ1n) is 6.43. The van der Waals surface area contributed by atoms with Crippen molar-refractivity contribution in [1.82, 2.24) is 25.9 Å². The number of carboxylic acids is 1. The average Bonchev–Trinajstić information content (AvgIpc) is 2.96. The number of H-pyrrole nitrogens is 1. The van der Waals surface area contributed by atoms with Crippen molar-refractivity contribution in [3.8, 4) is 0 Å². The van der Waals surface area contributed by atoms with Crippen LogP contribution >= 0.6 is 0 Å². The van der Waals surface area contributed by atoms with Crippen LogP contribution in [0.25, 0.3) is 0 Å². The standard InChI is InChI=1S/C11H17N5O2/c17-11(18)9-5-7-3-6(1-2-8(7)12-9)4-10-13-15-16-14-10/h6-9,12H,1-5H2,(H,17,18)(H,13,14,15,16)/t6?,7-,8-,9+/m1/s1. The number of hydrogen-bond acceptors (Lipinski definition) is 5. The summed E-state index contributed by atoms with van der Waals surface area (Å²) in [6.07, 6.45) is 4.82. The minimum atomic E-state index is -0.723. The number of nitrogens with one attached hydrogen (secondary N) is 2. The largest absolute Gasteiger partial charge is 0.480 e. The highest BCUT2D eigenvalue weighted by molar-refractivity contribution is 5.74. The number of aromatic amines is 1. The Kier molecular flexibility index (Phi) is 2.99. The maximum absolute atomic E-state index is 11.0. The van der Waals surface area contributed by atoms with E-state index in [0.29, 0.717) is 17.9 Å². The number of rotatable bonds is 3. The van der Waals surface area contributed by atoms with Gasteiger partial charge in [0.2, 0.25) is 0 Å². The van der Waals surface area contributed by atoms with Gasteiger partial charge in [-0.1, -0.05) is 5.21 Å². The zero-order valence-electron chi connectivity index (χ0n) is 10.0. The second kappa shape index (κ2) is 4.64. The fourth-order valence-corrected chi connectivity index (χ4v) is 3.36. The highest BCUT2D eigenvalue weighted by Crippen LogP contribution is 2.37. The molecule has 0 amide bonds. The van der Waals surface area contributed by atoms with Crippen LogP contribution in [0.15, 0.2) is 0 Å². The van der Waals surface area contributed by atoms with Crippen LogP contribution in [0.1, 0.15) is 31.5 Å². The van der Waals surface area contributed by atoms with Crippen molar-refractivity contribution in [2.45, 2.75) is 44.2 Å². The predicted molar refractivity (Wildman–Crippen MR) is 61.7 cm³/mol. The van der Waals surface area contributed by atoms with Crippen molar-refractivity contribution in [1.29, 1.82) is 0 Å². The second-order valence-electron chi connectivity index (χ2n) is 5.37. The zero-order chi connectivity index (χ0) is 12.5. The first-order valence-corrected chi connectivity index (χ1v) is 6.43. The Morgan fingerprint density at radius 1 is 1.39 bits per heavy atom. The lowest BCUT2D eigenvalue weighted by molar-refractivity contribution is -0.139. The maximum atomic E-state index is 11.0. The molecule has 1 aliphatic heterocycles. The second-order valence-corrected chi connectivity index (χ2v) is 5.37. The van der Waals surface area contributed by atoms with Crippen LogP contribution in [-0.2, 0) is 11.2 Å². The van der Waals surface area contributed by atoms with Crippen LogP contribution in [0.2, 0.25) is 0 Å². The van der Waals surface area contributed by atoms with Crippen molar-refractivity contribution in [3.05, 3.63) is 5.82 Å². The molecule has 1 aliphatic carbocycles. The molecule has 1 aromatic heterocycles. The van der Waals surface area contributed by atoms with E-state index in [0.717, 1.165) is 37.9 Å². The van der Waals surface area contributed by atoms with Crippen molar-refractivity contribution >= 4 is 5.97 Å². The summed E-state index contributed by atoms with van der Waals surface area (Å²) in [6.45, 7) is 0. The monoisotopic (exact) mass is 251 g/mol. The predicted octanol–water partition coefficient (Wildman–Crippen LogP) is -0.0264. The molecule has 18 heavy (non-hydrogen) atoms. The minimum Gasteiger partial charge on any atom is -0.480 e. The molecule has 1 unspecified atom stereocenters. The molecule has 0 bridgehead atoms. The van der Waals surface area contributed by atoms with Gasteiger partial charge in [0.1, 0.15) is 6.04 Å². The Balaban J connectivity index is 1.59. The van der Waals surface area contributed by atoms with E-state index in [4.69, 9.17) is 5.11 Å². The van der Waals surface area contributed by atoms with Gasteiger partial charge in [-0.25, -0.2) is 0 Å². The molecule has 1 aromatic rings. The lowest BCUT2D eigenvalue weighted by atomic mass is 9.77. The van der Waals surface area contributed by atoms with Gasteiger partial charge in [-0.2, -0.15) is 5.21 Å². The normalized spacial score (nSPS) is 35.3. The maximum Gasteiger partial charge on any atom is 0.320 e. The van der Waals surface area contributed by atoms with Gasteiger partial charge in [-0.05, 0) is 37.5 Å². The smallest absolute Gasteiger partial charge is 0.320 e. The fraction of sp³-hybridized carbons (Fsp3) is 0.818. The number of hydrogen-bond donors (Lipinski definition) is 3. The number of fused-ring (bicyclic) bond motifs is 1. The highest BCUT2D eigenvalue weighted by Gasteiger charge is 2.40. The van der Waals surface area contributed by atoms with Crippen molar-refractivity contribution in [2.75, 3.05) is 0 Å². The van der Waals surface area contributed by atoms with Crippen molar-refractivity contribution in [3.63, 3.8) is 0 Å². The SMILES string of the molecule is O=C(O)[C@@H]1C[C@H]2CC(Cc3nn[nH]n3)CC[C@H]2N1. The molecule has 2 fully saturated rings. The topological polar surface area (TPSA) is 104 Å². The van der Waals surface area contributed by atoms with E-state index in [9.17, 15) is 4.79 Å². The lowest BCUT2D eigenvalue weighted by Gasteiger charge is -2.30. The third-order valence-corrected chi connectivity index (χ3v) is 4.20. The van der Waals surface area contributed by atoms with Crippen LogP contribution in [0, 0.1) is 11.8 Å². The van der Waals surface area contributed by atoms with Gasteiger partial charge >= 0.3 is 5.97 Å². The van der Waals surface area contributed by atoms with Gasteiger partial charge in [-0.15, -0.1) is 10.2 Å². The Labute approximate surface area is 104 Å². The summed E-state index contributed by atoms with van der Waals surface area (Å²) in [4.78, 5) is 11.0. The van der Waals surface area contributed by atoms with Crippen LogP contribution in [0.4, 0.5) is 0 Å². The summed E-state index contributed by atoms with van der Waals surface area (Å²) >= 11 is 0. The summed E-state index contributed by atoms with van der Waals surface area (Å²) in [5, 5.41) is 26.3. The van der Waals surface area contributed by atoms with Gasteiger partial charge in [0.15, 0.2) is 5.82 Å². The van der Waals surface area contributed by atoms with Gasteiger partial charge in [0.25, 0.3) is 0 Å². The molecule has 3 rings (SSSR count). The molecule has 0 radical (unpaired) electrons. The summed E-state index contributed by atoms with van der Waals surface area (Å²) in [7, 11) is 0. The van der Waals surface area contributed by atoms with Crippen molar-refractivity contribution in [2.24, 2.45) is 11.8 Å². The molecule has 0 spiro atoms. The van der Waals surface area contributed by atoms with E-state index in [1.54, 1.807) is 0 Å². The molecule has 2 aliphatic rings. The molecule has 7 heteroatoms. The molecule has 98 valence electrons. The molecule has 1 saturated heterocycles. The quantitative estimate of drug-likeness (QED) is 0.697. The Morgan fingerprint density at radius 2 is 2.28 bits per heavy atom.